The van der Waals surface area contributed by atoms with Gasteiger partial charge in [-0.15, -0.1) is 0 Å². The van der Waals surface area contributed by atoms with E-state index in [0.717, 1.165) is 0 Å². The minimum absolute atomic E-state index is 0.411. The molecule has 20 heavy (non-hydrogen) atoms. The summed E-state index contributed by atoms with van der Waals surface area (Å²) >= 11 is 4.65. The third-order valence-electron chi connectivity index (χ3n) is 2.44. The molecule has 112 valence electrons. The van der Waals surface area contributed by atoms with Gasteiger partial charge < -0.3 is 10.1 Å². The van der Waals surface area contributed by atoms with Crippen LogP contribution in [0, 0.1) is 0 Å². The smallest absolute Gasteiger partial charge is 0.432 e. The highest BCUT2D eigenvalue weighted by molar-refractivity contribution is 6.21. The van der Waals surface area contributed by atoms with Crippen LogP contribution in [0.3, 0.4) is 0 Å². The zero-order valence-corrected chi connectivity index (χ0v) is 10.5. The van der Waals surface area contributed by atoms with Crippen LogP contribution < -0.4 is 5.43 Å². The summed E-state index contributed by atoms with van der Waals surface area (Å²) in [7, 11) is 0. The van der Waals surface area contributed by atoms with Gasteiger partial charge in [-0.05, 0) is 18.0 Å². The van der Waals surface area contributed by atoms with E-state index in [4.69, 9.17) is 5.11 Å². The highest BCUT2D eigenvalue weighted by Crippen LogP contribution is 2.36. The molecule has 0 unspecified atom stereocenters. The summed E-state index contributed by atoms with van der Waals surface area (Å²) in [5.74, 6) is -2.17. The molecular weight excluding hydrogens is 313 g/mol. The van der Waals surface area contributed by atoms with Crippen LogP contribution in [0.1, 0.15) is 34.2 Å². The molecule has 1 rings (SSSR count). The number of nitrogens with one attached hydrogen (secondary N) is 1. The number of carbonyl (C=O) groups is 1. The van der Waals surface area contributed by atoms with E-state index in [1.807, 2.05) is 0 Å². The molecule has 0 atom stereocenters. The summed E-state index contributed by atoms with van der Waals surface area (Å²) in [6.45, 7) is 1.20. The lowest BCUT2D eigenvalue weighted by molar-refractivity contribution is -0.142. The molecule has 0 fully saturated rings. The molecule has 2 N–H and O–H groups in total. The molecule has 0 bridgehead atoms. The molecule has 10 heteroatoms. The van der Waals surface area contributed by atoms with E-state index in [0.29, 0.717) is 0 Å². The number of H-pyrrole nitrogens is 1. The molecule has 4 nitrogen and oxygen atoms in total. The first-order chi connectivity index (χ1) is 8.91. The van der Waals surface area contributed by atoms with Gasteiger partial charge in [0, 0.05) is 5.56 Å². The lowest BCUT2D eigenvalue weighted by Crippen LogP contribution is -2.31. The molecule has 1 aromatic rings. The average molecular weight is 320 g/mol. The molecule has 1 aromatic heterocycles. The number of halogens is 6. The lowest BCUT2D eigenvalue weighted by atomic mass is 10.0. The molecule has 0 spiro atoms. The highest BCUT2D eigenvalue weighted by atomic mass is 35.5. The number of carboxylic acid groups (broad SMARTS) is 1. The summed E-state index contributed by atoms with van der Waals surface area (Å²) in [6.07, 6.45) is -5.73. The van der Waals surface area contributed by atoms with Crippen LogP contribution in [-0.4, -0.2) is 16.1 Å². The van der Waals surface area contributed by atoms with Crippen molar-refractivity contribution in [2.24, 2.45) is 0 Å². The number of carboxylic acids is 1. The first kappa shape index (κ1) is 16.4. The second kappa shape index (κ2) is 5.04. The van der Waals surface area contributed by atoms with E-state index >= 15 is 0 Å². The summed E-state index contributed by atoms with van der Waals surface area (Å²) in [5, 5.41) is 4.42. The van der Waals surface area contributed by atoms with Crippen molar-refractivity contribution in [1.82, 2.24) is 4.98 Å². The zero-order chi connectivity index (χ0) is 15.9. The van der Waals surface area contributed by atoms with Crippen molar-refractivity contribution >= 4 is 17.6 Å². The first-order valence-electron chi connectivity index (χ1n) is 5.08. The van der Waals surface area contributed by atoms with E-state index in [1.165, 1.54) is 11.9 Å². The first-order valence-corrected chi connectivity index (χ1v) is 5.45. The van der Waals surface area contributed by atoms with Crippen LogP contribution in [0.2, 0.25) is 0 Å². The molecule has 0 radical (unpaired) electrons. The van der Waals surface area contributed by atoms with E-state index in [2.05, 4.69) is 11.6 Å². The Morgan fingerprint density at radius 2 is 1.75 bits per heavy atom. The third kappa shape index (κ3) is 2.92. The van der Waals surface area contributed by atoms with Gasteiger partial charge in [0.15, 0.2) is 5.43 Å². The number of aromatic carboxylic acids is 1. The monoisotopic (exact) mass is 319 g/mol. The van der Waals surface area contributed by atoms with E-state index < -0.39 is 51.9 Å². The summed E-state index contributed by atoms with van der Waals surface area (Å²) in [6, 6.07) is 0. The molecule has 0 aliphatic carbocycles. The number of hydrogen-bond acceptors (Lipinski definition) is 2. The van der Waals surface area contributed by atoms with Crippen molar-refractivity contribution in [1.29, 1.82) is 0 Å². The summed E-state index contributed by atoms with van der Waals surface area (Å²) in [5.41, 5.74) is -7.61. The Kier molecular flexibility index (Phi) is 4.14. The Labute approximate surface area is 113 Å². The quantitative estimate of drug-likeness (QED) is 0.665. The molecular formula is C10H7ClF5NO3. The fraction of sp³-hybridized carbons (Fsp3) is 0.400. The Balaban J connectivity index is 3.92. The van der Waals surface area contributed by atoms with Crippen molar-refractivity contribution < 1.29 is 31.9 Å². The van der Waals surface area contributed by atoms with Gasteiger partial charge in [0.25, 0.3) is 0 Å². The number of alkyl halides is 6. The predicted octanol–water partition coefficient (Wildman–Crippen LogP) is 2.94. The van der Waals surface area contributed by atoms with Gasteiger partial charge in [-0.2, -0.15) is 22.0 Å². The molecule has 0 saturated heterocycles. The largest absolute Gasteiger partial charge is 0.477 e. The number of hydrogen-bond donors (Lipinski definition) is 2. The van der Waals surface area contributed by atoms with Gasteiger partial charge in [-0.3, -0.25) is 4.79 Å². The van der Waals surface area contributed by atoms with Crippen LogP contribution in [0.15, 0.2) is 4.79 Å². The van der Waals surface area contributed by atoms with Crippen molar-refractivity contribution in [2.45, 2.75) is 24.9 Å². The normalized spacial score (nSPS) is 12.6. The van der Waals surface area contributed by atoms with Gasteiger partial charge in [0.05, 0.1) is 0 Å². The maximum absolute atomic E-state index is 13.1. The molecule has 0 aliphatic heterocycles. The van der Waals surface area contributed by atoms with Crippen LogP contribution in [0.4, 0.5) is 22.0 Å². The fourth-order valence-electron chi connectivity index (χ4n) is 1.64. The van der Waals surface area contributed by atoms with Gasteiger partial charge in [-0.25, -0.2) is 4.79 Å². The van der Waals surface area contributed by atoms with Gasteiger partial charge in [0.2, 0.25) is 0 Å². The fourth-order valence-corrected chi connectivity index (χ4v) is 1.80. The van der Waals surface area contributed by atoms with Crippen LogP contribution >= 0.6 is 11.6 Å². The van der Waals surface area contributed by atoms with Crippen molar-refractivity contribution in [2.75, 3.05) is 0 Å². The zero-order valence-electron chi connectivity index (χ0n) is 9.74. The molecule has 0 aliphatic rings. The Morgan fingerprint density at radius 3 is 2.05 bits per heavy atom. The number of aromatic nitrogens is 1. The van der Waals surface area contributed by atoms with Crippen molar-refractivity contribution in [3.63, 3.8) is 0 Å². The average Bonchev–Trinajstić information content (AvgIpc) is 2.24. The van der Waals surface area contributed by atoms with Crippen LogP contribution in [-0.2, 0) is 18.0 Å². The Hall–Kier alpha value is -1.64. The number of aromatic amines is 1. The predicted molar refractivity (Wildman–Crippen MR) is 58.1 cm³/mol. The van der Waals surface area contributed by atoms with Crippen LogP contribution in [0.5, 0.6) is 0 Å². The Morgan fingerprint density at radius 1 is 1.25 bits per heavy atom. The topological polar surface area (TPSA) is 70.2 Å². The third-order valence-corrected chi connectivity index (χ3v) is 2.63. The van der Waals surface area contributed by atoms with E-state index in [1.54, 1.807) is 0 Å². The van der Waals surface area contributed by atoms with Crippen molar-refractivity contribution in [3.05, 3.63) is 32.7 Å². The lowest BCUT2D eigenvalue weighted by Gasteiger charge is -2.17. The Bertz CT molecular complexity index is 603. The minimum atomic E-state index is -5.32. The molecule has 1 heterocycles. The maximum Gasteiger partial charge on any atom is 0.432 e. The van der Waals surface area contributed by atoms with Gasteiger partial charge in [0.1, 0.15) is 17.0 Å². The number of pyridine rings is 1. The SMILES string of the molecule is CCc1c(C(F)(F)Cl)[nH]c(C(F)(F)F)c(C(=O)O)c1=O. The van der Waals surface area contributed by atoms with E-state index in [9.17, 15) is 31.5 Å². The minimum Gasteiger partial charge on any atom is -0.477 e. The molecule has 0 saturated carbocycles. The van der Waals surface area contributed by atoms with Crippen LogP contribution in [0.25, 0.3) is 0 Å². The van der Waals surface area contributed by atoms with Gasteiger partial charge in [-0.1, -0.05) is 6.92 Å². The molecule has 0 amide bonds. The second-order valence-electron chi connectivity index (χ2n) is 3.71. The highest BCUT2D eigenvalue weighted by Gasteiger charge is 2.43. The maximum atomic E-state index is 13.1. The standard InChI is InChI=1S/C10H7ClF5NO3/c1-2-3-5(18)4(8(19)20)7(10(14,15)16)17-6(3)9(11,12)13/h2H2,1H3,(H,17,18)(H,19,20). The molecule has 0 aromatic carbocycles. The summed E-state index contributed by atoms with van der Waals surface area (Å²) < 4.78 is 64.1. The second-order valence-corrected chi connectivity index (χ2v) is 4.19. The summed E-state index contributed by atoms with van der Waals surface area (Å²) in [4.78, 5) is 23.7. The number of rotatable bonds is 3. The van der Waals surface area contributed by atoms with Crippen molar-refractivity contribution in [3.8, 4) is 0 Å². The van der Waals surface area contributed by atoms with Gasteiger partial charge >= 0.3 is 17.5 Å². The van der Waals surface area contributed by atoms with E-state index in [-0.39, 0.29) is 0 Å².